The molecule has 1 N–H and O–H groups in total. The smallest absolute Gasteiger partial charge is 0.0861 e. The molecule has 1 rings (SSSR count). The van der Waals surface area contributed by atoms with E-state index in [9.17, 15) is 0 Å². The molecule has 0 aliphatic carbocycles. The molecule has 1 aromatic heterocycles. The third kappa shape index (κ3) is 4.70. The summed E-state index contributed by atoms with van der Waals surface area (Å²) in [7, 11) is 3.35. The summed E-state index contributed by atoms with van der Waals surface area (Å²) >= 11 is 0. The van der Waals surface area contributed by atoms with Crippen molar-refractivity contribution < 1.29 is 9.47 Å². The SMILES string of the molecule is CC.COCc1ccc(COC)[nH]1. The standard InChI is InChI=1S/C8H13NO2.C2H6/c1-10-5-7-3-4-8(9-7)6-11-2;1-2/h3-4,9H,5-6H2,1-2H3;1-2H3. The third-order valence-corrected chi connectivity index (χ3v) is 1.41. The highest BCUT2D eigenvalue weighted by Crippen LogP contribution is 2.03. The van der Waals surface area contributed by atoms with E-state index in [1.54, 1.807) is 14.2 Å². The van der Waals surface area contributed by atoms with Gasteiger partial charge in [0.25, 0.3) is 0 Å². The van der Waals surface area contributed by atoms with Gasteiger partial charge < -0.3 is 14.5 Å². The lowest BCUT2D eigenvalue weighted by molar-refractivity contribution is 0.175. The lowest BCUT2D eigenvalue weighted by Gasteiger charge is -1.95. The molecule has 76 valence electrons. The van der Waals surface area contributed by atoms with Crippen LogP contribution >= 0.6 is 0 Å². The largest absolute Gasteiger partial charge is 0.378 e. The number of aromatic nitrogens is 1. The minimum atomic E-state index is 0.629. The van der Waals surface area contributed by atoms with Crippen molar-refractivity contribution >= 4 is 0 Å². The fourth-order valence-electron chi connectivity index (χ4n) is 0.970. The van der Waals surface area contributed by atoms with E-state index in [1.165, 1.54) is 0 Å². The molecule has 0 aliphatic rings. The Balaban J connectivity index is 0.000000671. The van der Waals surface area contributed by atoms with Crippen molar-refractivity contribution in [3.05, 3.63) is 23.5 Å². The average Bonchev–Trinajstić information content (AvgIpc) is 2.58. The first kappa shape index (κ1) is 12.2. The van der Waals surface area contributed by atoms with Crippen LogP contribution in [0, 0.1) is 0 Å². The van der Waals surface area contributed by atoms with Crippen molar-refractivity contribution in [1.82, 2.24) is 4.98 Å². The lowest BCUT2D eigenvalue weighted by Crippen LogP contribution is -1.90. The van der Waals surface area contributed by atoms with Crippen molar-refractivity contribution in [2.45, 2.75) is 27.1 Å². The van der Waals surface area contributed by atoms with Crippen LogP contribution in [0.15, 0.2) is 12.1 Å². The molecular weight excluding hydrogens is 166 g/mol. The van der Waals surface area contributed by atoms with Crippen LogP contribution in [-0.2, 0) is 22.7 Å². The van der Waals surface area contributed by atoms with Gasteiger partial charge >= 0.3 is 0 Å². The molecular formula is C10H19NO2. The van der Waals surface area contributed by atoms with E-state index < -0.39 is 0 Å². The zero-order chi connectivity index (χ0) is 10.1. The van der Waals surface area contributed by atoms with Crippen LogP contribution < -0.4 is 0 Å². The highest BCUT2D eigenvalue weighted by Gasteiger charge is 1.96. The van der Waals surface area contributed by atoms with Crippen LogP contribution in [0.3, 0.4) is 0 Å². The molecule has 0 radical (unpaired) electrons. The Bertz CT molecular complexity index is 188. The monoisotopic (exact) mass is 185 g/mol. The topological polar surface area (TPSA) is 34.2 Å². The summed E-state index contributed by atoms with van der Waals surface area (Å²) in [5.41, 5.74) is 2.17. The summed E-state index contributed by atoms with van der Waals surface area (Å²) in [5.74, 6) is 0. The highest BCUT2D eigenvalue weighted by molar-refractivity contribution is 5.11. The van der Waals surface area contributed by atoms with E-state index in [-0.39, 0.29) is 0 Å². The van der Waals surface area contributed by atoms with E-state index in [0.29, 0.717) is 13.2 Å². The molecule has 0 spiro atoms. The van der Waals surface area contributed by atoms with Crippen LogP contribution in [0.1, 0.15) is 25.2 Å². The Hall–Kier alpha value is -0.800. The maximum Gasteiger partial charge on any atom is 0.0861 e. The number of methoxy groups -OCH3 is 2. The number of hydrogen-bond donors (Lipinski definition) is 1. The number of H-pyrrole nitrogens is 1. The van der Waals surface area contributed by atoms with Crippen LogP contribution in [0.4, 0.5) is 0 Å². The minimum Gasteiger partial charge on any atom is -0.378 e. The maximum atomic E-state index is 4.95. The zero-order valence-electron chi connectivity index (χ0n) is 8.89. The van der Waals surface area contributed by atoms with Crippen LogP contribution in [0.25, 0.3) is 0 Å². The first-order valence-electron chi connectivity index (χ1n) is 4.51. The average molecular weight is 185 g/mol. The van der Waals surface area contributed by atoms with E-state index in [2.05, 4.69) is 4.98 Å². The van der Waals surface area contributed by atoms with Crippen molar-refractivity contribution in [1.29, 1.82) is 0 Å². The molecule has 3 heteroatoms. The zero-order valence-corrected chi connectivity index (χ0v) is 8.89. The Morgan fingerprint density at radius 2 is 1.38 bits per heavy atom. The fraction of sp³-hybridized carbons (Fsp3) is 0.600. The van der Waals surface area contributed by atoms with Gasteiger partial charge in [0.15, 0.2) is 0 Å². The maximum absolute atomic E-state index is 4.95. The second kappa shape index (κ2) is 7.83. The van der Waals surface area contributed by atoms with Crippen LogP contribution in [0.2, 0.25) is 0 Å². The van der Waals surface area contributed by atoms with Gasteiger partial charge in [-0.3, -0.25) is 0 Å². The summed E-state index contributed by atoms with van der Waals surface area (Å²) < 4.78 is 9.89. The van der Waals surface area contributed by atoms with Gasteiger partial charge in [-0.1, -0.05) is 13.8 Å². The molecule has 0 aromatic carbocycles. The molecule has 0 saturated carbocycles. The second-order valence-corrected chi connectivity index (χ2v) is 2.37. The van der Waals surface area contributed by atoms with Gasteiger partial charge in [0, 0.05) is 25.6 Å². The number of rotatable bonds is 4. The van der Waals surface area contributed by atoms with Gasteiger partial charge in [-0.15, -0.1) is 0 Å². The predicted molar refractivity (Wildman–Crippen MR) is 53.6 cm³/mol. The molecule has 0 fully saturated rings. The van der Waals surface area contributed by atoms with Gasteiger partial charge in [-0.2, -0.15) is 0 Å². The van der Waals surface area contributed by atoms with E-state index in [1.807, 2.05) is 26.0 Å². The van der Waals surface area contributed by atoms with Crippen LogP contribution in [0.5, 0.6) is 0 Å². The van der Waals surface area contributed by atoms with Crippen molar-refractivity contribution in [3.63, 3.8) is 0 Å². The van der Waals surface area contributed by atoms with Gasteiger partial charge in [0.05, 0.1) is 13.2 Å². The molecule has 0 saturated heterocycles. The second-order valence-electron chi connectivity index (χ2n) is 2.37. The highest BCUT2D eigenvalue weighted by atomic mass is 16.5. The van der Waals surface area contributed by atoms with Crippen molar-refractivity contribution in [2.24, 2.45) is 0 Å². The molecule has 1 heterocycles. The van der Waals surface area contributed by atoms with Gasteiger partial charge in [-0.05, 0) is 12.1 Å². The summed E-state index contributed by atoms with van der Waals surface area (Å²) in [6.45, 7) is 5.26. The molecule has 0 aliphatic heterocycles. The van der Waals surface area contributed by atoms with E-state index in [0.717, 1.165) is 11.4 Å². The lowest BCUT2D eigenvalue weighted by atomic mass is 10.4. The number of hydrogen-bond acceptors (Lipinski definition) is 2. The first-order chi connectivity index (χ1) is 6.36. The molecule has 0 unspecified atom stereocenters. The van der Waals surface area contributed by atoms with Gasteiger partial charge in [0.1, 0.15) is 0 Å². The number of ether oxygens (including phenoxy) is 2. The summed E-state index contributed by atoms with van der Waals surface area (Å²) in [5, 5.41) is 0. The predicted octanol–water partition coefficient (Wildman–Crippen LogP) is 2.33. The Morgan fingerprint density at radius 1 is 1.00 bits per heavy atom. The van der Waals surface area contributed by atoms with Gasteiger partial charge in [-0.25, -0.2) is 0 Å². The van der Waals surface area contributed by atoms with Gasteiger partial charge in [0.2, 0.25) is 0 Å². The Morgan fingerprint density at radius 3 is 1.69 bits per heavy atom. The molecule has 0 bridgehead atoms. The molecule has 0 atom stereocenters. The summed E-state index contributed by atoms with van der Waals surface area (Å²) in [6.07, 6.45) is 0. The molecule has 1 aromatic rings. The fourth-order valence-corrected chi connectivity index (χ4v) is 0.970. The normalized spacial score (nSPS) is 9.23. The van der Waals surface area contributed by atoms with E-state index in [4.69, 9.17) is 9.47 Å². The summed E-state index contributed by atoms with van der Waals surface area (Å²) in [6, 6.07) is 4.00. The van der Waals surface area contributed by atoms with Crippen LogP contribution in [-0.4, -0.2) is 19.2 Å². The van der Waals surface area contributed by atoms with E-state index >= 15 is 0 Å². The molecule has 0 amide bonds. The minimum absolute atomic E-state index is 0.629. The Kier molecular flexibility index (Phi) is 7.35. The third-order valence-electron chi connectivity index (χ3n) is 1.41. The molecule has 3 nitrogen and oxygen atoms in total. The number of nitrogens with one attached hydrogen (secondary N) is 1. The summed E-state index contributed by atoms with van der Waals surface area (Å²) in [4.78, 5) is 3.16. The molecule has 13 heavy (non-hydrogen) atoms. The Labute approximate surface area is 80.1 Å². The number of aromatic amines is 1. The van der Waals surface area contributed by atoms with Crippen molar-refractivity contribution in [2.75, 3.05) is 14.2 Å². The quantitative estimate of drug-likeness (QED) is 0.781. The first-order valence-corrected chi connectivity index (χ1v) is 4.51. The van der Waals surface area contributed by atoms with Crippen molar-refractivity contribution in [3.8, 4) is 0 Å².